The molecule has 0 unspecified atom stereocenters. The number of nitrogens with zero attached hydrogens (tertiary/aromatic N) is 4. The minimum Gasteiger partial charge on any atom is -0.497 e. The van der Waals surface area contributed by atoms with Crippen molar-refractivity contribution in [1.82, 2.24) is 19.3 Å². The average Bonchev–Trinajstić information content (AvgIpc) is 2.83. The van der Waals surface area contributed by atoms with E-state index < -0.39 is 22.5 Å². The Morgan fingerprint density at radius 1 is 1.22 bits per heavy atom. The van der Waals surface area contributed by atoms with Crippen LogP contribution < -0.4 is 4.74 Å². The molecular weight excluding hydrogens is 436 g/mol. The molecular formula is C21H28N4O6S. The number of methoxy groups -OCH3 is 1. The molecule has 1 amide bonds. The molecule has 2 heterocycles. The van der Waals surface area contributed by atoms with Crippen LogP contribution in [0.1, 0.15) is 5.56 Å². The molecule has 10 nitrogen and oxygen atoms in total. The van der Waals surface area contributed by atoms with Crippen LogP contribution in [0, 0.1) is 0 Å². The Morgan fingerprint density at radius 2 is 1.94 bits per heavy atom. The lowest BCUT2D eigenvalue weighted by Gasteiger charge is -2.28. The van der Waals surface area contributed by atoms with Gasteiger partial charge in [-0.05, 0) is 35.9 Å². The summed E-state index contributed by atoms with van der Waals surface area (Å²) in [7, 11) is -2.53. The number of rotatable bonds is 10. The number of aromatic nitrogens is 1. The van der Waals surface area contributed by atoms with Crippen molar-refractivity contribution in [3.63, 3.8) is 0 Å². The molecule has 32 heavy (non-hydrogen) atoms. The summed E-state index contributed by atoms with van der Waals surface area (Å²) >= 11 is 0. The Labute approximate surface area is 188 Å². The van der Waals surface area contributed by atoms with Crippen molar-refractivity contribution in [1.29, 1.82) is 0 Å². The molecule has 0 atom stereocenters. The van der Waals surface area contributed by atoms with Gasteiger partial charge in [0.1, 0.15) is 5.75 Å². The summed E-state index contributed by atoms with van der Waals surface area (Å²) in [6.45, 7) is 2.63. The summed E-state index contributed by atoms with van der Waals surface area (Å²) in [5.74, 6) is -0.192. The normalized spacial score (nSPS) is 15.0. The first-order valence-electron chi connectivity index (χ1n) is 10.2. The topological polar surface area (TPSA) is 113 Å². The molecule has 1 aromatic carbocycles. The lowest BCUT2D eigenvalue weighted by atomic mass is 10.3. The van der Waals surface area contributed by atoms with Crippen LogP contribution in [-0.2, 0) is 26.1 Å². The summed E-state index contributed by atoms with van der Waals surface area (Å²) in [5, 5.41) is 10.8. The van der Waals surface area contributed by atoms with E-state index in [2.05, 4.69) is 9.88 Å². The summed E-state index contributed by atoms with van der Waals surface area (Å²) in [6.07, 6.45) is 3.12. The van der Waals surface area contributed by atoms with E-state index in [4.69, 9.17) is 9.47 Å². The maximum Gasteiger partial charge on any atom is 0.261 e. The molecule has 1 fully saturated rings. The van der Waals surface area contributed by atoms with Crippen LogP contribution in [0.3, 0.4) is 0 Å². The number of carbonyl (C=O) groups is 1. The molecule has 0 radical (unpaired) electrons. The highest BCUT2D eigenvalue weighted by atomic mass is 32.2. The maximum atomic E-state index is 13.3. The fourth-order valence-electron chi connectivity index (χ4n) is 3.24. The first-order valence-corrected chi connectivity index (χ1v) is 11.7. The van der Waals surface area contributed by atoms with Crippen molar-refractivity contribution in [2.75, 3.05) is 53.0 Å². The Morgan fingerprint density at radius 3 is 2.56 bits per heavy atom. The lowest BCUT2D eigenvalue weighted by Crippen LogP contribution is -2.45. The molecule has 0 saturated carbocycles. The summed E-state index contributed by atoms with van der Waals surface area (Å²) in [6, 6.07) is 9.34. The van der Waals surface area contributed by atoms with Crippen LogP contribution in [0.5, 0.6) is 5.75 Å². The number of morpholine rings is 1. The van der Waals surface area contributed by atoms with Crippen molar-refractivity contribution in [3.8, 4) is 5.75 Å². The number of sulfonamides is 1. The number of hydrogen-bond acceptors (Lipinski definition) is 8. The molecule has 11 heteroatoms. The molecule has 1 aromatic heterocycles. The second kappa shape index (κ2) is 11.3. The Kier molecular flexibility index (Phi) is 8.53. The minimum absolute atomic E-state index is 0.0211. The molecule has 1 saturated heterocycles. The zero-order valence-electron chi connectivity index (χ0n) is 18.0. The number of pyridine rings is 1. The van der Waals surface area contributed by atoms with E-state index in [0.29, 0.717) is 36.1 Å². The fraction of sp³-hybridized carbons (Fsp3) is 0.429. The molecule has 0 aliphatic carbocycles. The largest absolute Gasteiger partial charge is 0.497 e. The van der Waals surface area contributed by atoms with E-state index in [1.807, 2.05) is 0 Å². The van der Waals surface area contributed by atoms with Crippen LogP contribution in [0.15, 0.2) is 53.7 Å². The van der Waals surface area contributed by atoms with Gasteiger partial charge in [-0.25, -0.2) is 13.5 Å². The van der Waals surface area contributed by atoms with E-state index in [1.54, 1.807) is 18.3 Å². The van der Waals surface area contributed by atoms with Crippen molar-refractivity contribution in [2.24, 2.45) is 0 Å². The van der Waals surface area contributed by atoms with Gasteiger partial charge in [0.05, 0.1) is 38.3 Å². The quantitative estimate of drug-likeness (QED) is 0.407. The Bertz CT molecular complexity index is 966. The zero-order chi connectivity index (χ0) is 23.0. The van der Waals surface area contributed by atoms with Crippen molar-refractivity contribution >= 4 is 15.9 Å². The van der Waals surface area contributed by atoms with Crippen molar-refractivity contribution in [2.45, 2.75) is 11.4 Å². The minimum atomic E-state index is -4.02. The number of hydroxylamine groups is 2. The highest BCUT2D eigenvalue weighted by Gasteiger charge is 2.29. The van der Waals surface area contributed by atoms with E-state index in [-0.39, 0.29) is 18.0 Å². The maximum absolute atomic E-state index is 13.3. The van der Waals surface area contributed by atoms with E-state index >= 15 is 0 Å². The number of carbonyl (C=O) groups excluding carboxylic acids is 1. The third-order valence-corrected chi connectivity index (χ3v) is 6.92. The monoisotopic (exact) mass is 464 g/mol. The van der Waals surface area contributed by atoms with E-state index in [0.717, 1.165) is 17.4 Å². The van der Waals surface area contributed by atoms with Crippen LogP contribution >= 0.6 is 0 Å². The molecule has 174 valence electrons. The zero-order valence-corrected chi connectivity index (χ0v) is 18.8. The highest BCUT2D eigenvalue weighted by molar-refractivity contribution is 7.89. The first-order chi connectivity index (χ1) is 15.4. The number of ether oxygens (including phenoxy) is 2. The van der Waals surface area contributed by atoms with Gasteiger partial charge in [-0.3, -0.25) is 19.9 Å². The number of hydrogen-bond donors (Lipinski definition) is 1. The second-order valence-corrected chi connectivity index (χ2v) is 9.22. The summed E-state index contributed by atoms with van der Waals surface area (Å²) < 4.78 is 38.0. The molecule has 1 N–H and O–H groups in total. The second-order valence-electron chi connectivity index (χ2n) is 7.28. The van der Waals surface area contributed by atoms with Gasteiger partial charge in [-0.15, -0.1) is 0 Å². The molecule has 1 aliphatic rings. The smallest absolute Gasteiger partial charge is 0.261 e. The molecule has 0 spiro atoms. The third kappa shape index (κ3) is 6.47. The van der Waals surface area contributed by atoms with Gasteiger partial charge in [0.25, 0.3) is 5.91 Å². The van der Waals surface area contributed by atoms with Crippen LogP contribution in [0.4, 0.5) is 0 Å². The third-order valence-electron chi connectivity index (χ3n) is 5.11. The molecule has 0 bridgehead atoms. The standard InChI is InChI=1S/C21H28N4O6S/c1-30-19-4-6-20(7-5-19)32(28,29)24(16-18-3-2-8-22-15-18)17-21(26)25(27)10-9-23-11-13-31-14-12-23/h2-8,15,27H,9-14,16-17H2,1H3. The van der Waals surface area contributed by atoms with Gasteiger partial charge < -0.3 is 9.47 Å². The number of amides is 1. The van der Waals surface area contributed by atoms with E-state index in [9.17, 15) is 18.4 Å². The Balaban J connectivity index is 1.73. The predicted molar refractivity (Wildman–Crippen MR) is 116 cm³/mol. The fourth-order valence-corrected chi connectivity index (χ4v) is 4.61. The van der Waals surface area contributed by atoms with Crippen molar-refractivity contribution < 1.29 is 27.9 Å². The molecule has 1 aliphatic heterocycles. The molecule has 3 rings (SSSR count). The number of benzene rings is 1. The van der Waals surface area contributed by atoms with Crippen LogP contribution in [0.2, 0.25) is 0 Å². The summed E-state index contributed by atoms with van der Waals surface area (Å²) in [4.78, 5) is 18.8. The summed E-state index contributed by atoms with van der Waals surface area (Å²) in [5.41, 5.74) is 0.621. The van der Waals surface area contributed by atoms with Gasteiger partial charge in [0, 0.05) is 38.6 Å². The van der Waals surface area contributed by atoms with Gasteiger partial charge >= 0.3 is 0 Å². The molecule has 2 aromatic rings. The predicted octanol–water partition coefficient (Wildman–Crippen LogP) is 0.831. The SMILES string of the molecule is COc1ccc(S(=O)(=O)N(CC(=O)N(O)CCN2CCOCC2)Cc2cccnc2)cc1. The highest BCUT2D eigenvalue weighted by Crippen LogP contribution is 2.21. The first kappa shape index (κ1) is 24.1. The lowest BCUT2D eigenvalue weighted by molar-refractivity contribution is -0.166. The van der Waals surface area contributed by atoms with Crippen molar-refractivity contribution in [3.05, 3.63) is 54.4 Å². The van der Waals surface area contributed by atoms with Gasteiger partial charge in [-0.2, -0.15) is 4.31 Å². The Hall–Kier alpha value is -2.57. The van der Waals surface area contributed by atoms with Gasteiger partial charge in [0.15, 0.2) is 0 Å². The van der Waals surface area contributed by atoms with E-state index in [1.165, 1.54) is 37.6 Å². The van der Waals surface area contributed by atoms with Crippen LogP contribution in [0.25, 0.3) is 0 Å². The van der Waals surface area contributed by atoms with Gasteiger partial charge in [-0.1, -0.05) is 6.07 Å². The van der Waals surface area contributed by atoms with Crippen LogP contribution in [-0.4, -0.2) is 91.8 Å². The van der Waals surface area contributed by atoms with Gasteiger partial charge in [0.2, 0.25) is 10.0 Å². The average molecular weight is 465 g/mol.